The van der Waals surface area contributed by atoms with E-state index < -0.39 is 0 Å². The van der Waals surface area contributed by atoms with Crippen molar-refractivity contribution in [3.8, 4) is 0 Å². The molecule has 1 heteroatoms. The predicted molar refractivity (Wildman–Crippen MR) is 112 cm³/mol. The molecule has 0 amide bonds. The van der Waals surface area contributed by atoms with E-state index >= 15 is 0 Å². The quantitative estimate of drug-likeness (QED) is 0.656. The molecule has 0 unspecified atom stereocenters. The van der Waals surface area contributed by atoms with Gasteiger partial charge in [0.15, 0.2) is 0 Å². The van der Waals surface area contributed by atoms with Gasteiger partial charge >= 0.3 is 0 Å². The van der Waals surface area contributed by atoms with Gasteiger partial charge in [-0.3, -0.25) is 0 Å². The molecule has 2 aromatic carbocycles. The summed E-state index contributed by atoms with van der Waals surface area (Å²) in [7, 11) is 0.419. The largest absolute Gasteiger partial charge is 0.0683 e. The van der Waals surface area contributed by atoms with Crippen LogP contribution in [0.2, 0.25) is 0 Å². The zero-order chi connectivity index (χ0) is 17.6. The van der Waals surface area contributed by atoms with Gasteiger partial charge in [0.25, 0.3) is 0 Å². The van der Waals surface area contributed by atoms with Crippen molar-refractivity contribution < 1.29 is 0 Å². The van der Waals surface area contributed by atoms with Crippen LogP contribution in [0, 0.1) is 13.8 Å². The summed E-state index contributed by atoms with van der Waals surface area (Å²) in [6, 6.07) is 12.0. The molecular weight excluding hydrogens is 316 g/mol. The summed E-state index contributed by atoms with van der Waals surface area (Å²) in [5, 5.41) is 0. The van der Waals surface area contributed by atoms with Crippen LogP contribution in [0.4, 0.5) is 0 Å². The van der Waals surface area contributed by atoms with E-state index in [0.717, 1.165) is 12.8 Å². The molecule has 2 aliphatic rings. The molecule has 25 heavy (non-hydrogen) atoms. The second-order valence-corrected chi connectivity index (χ2v) is 9.29. The molecule has 0 fully saturated rings. The van der Waals surface area contributed by atoms with Crippen molar-refractivity contribution in [2.24, 2.45) is 0 Å². The first kappa shape index (κ1) is 16.6. The van der Waals surface area contributed by atoms with Gasteiger partial charge in [-0.2, -0.15) is 0 Å². The molecule has 2 aromatic rings. The molecule has 0 aliphatic heterocycles. The van der Waals surface area contributed by atoms with Gasteiger partial charge in [0.1, 0.15) is 0 Å². The summed E-state index contributed by atoms with van der Waals surface area (Å²) in [5.74, 6) is 0. The summed E-state index contributed by atoms with van der Waals surface area (Å²) >= 11 is 0. The Kier molecular flexibility index (Phi) is 4.29. The third kappa shape index (κ3) is 3.06. The van der Waals surface area contributed by atoms with Crippen LogP contribution in [0.25, 0.3) is 12.2 Å². The third-order valence-electron chi connectivity index (χ3n) is 5.77. The molecule has 0 atom stereocenters. The number of benzene rings is 2. The van der Waals surface area contributed by atoms with Gasteiger partial charge in [0.2, 0.25) is 0 Å². The minimum absolute atomic E-state index is 0.419. The molecule has 0 bridgehead atoms. The lowest BCUT2D eigenvalue weighted by molar-refractivity contribution is 1.12. The van der Waals surface area contributed by atoms with Crippen LogP contribution in [-0.4, -0.2) is 9.52 Å². The van der Waals surface area contributed by atoms with Crippen molar-refractivity contribution in [3.05, 3.63) is 79.9 Å². The fraction of sp³-hybridized carbons (Fsp3) is 0.333. The maximum Gasteiger partial charge on any atom is 0.0379 e. The van der Waals surface area contributed by atoms with Crippen LogP contribution in [0.15, 0.2) is 35.4 Å². The minimum atomic E-state index is 0.419. The van der Waals surface area contributed by atoms with E-state index in [1.807, 2.05) is 0 Å². The Morgan fingerprint density at radius 3 is 1.56 bits per heavy atom. The van der Waals surface area contributed by atoms with Gasteiger partial charge in [-0.25, -0.2) is 0 Å². The lowest BCUT2D eigenvalue weighted by atomic mass is 9.99. The van der Waals surface area contributed by atoms with Gasteiger partial charge in [-0.1, -0.05) is 47.6 Å². The average Bonchev–Trinajstić information content (AvgIpc) is 3.15. The second-order valence-electron chi connectivity index (χ2n) is 7.90. The summed E-state index contributed by atoms with van der Waals surface area (Å²) < 4.78 is 0. The Bertz CT molecular complexity index is 837. The van der Waals surface area contributed by atoms with Crippen LogP contribution in [-0.2, 0) is 24.9 Å². The zero-order valence-corrected chi connectivity index (χ0v) is 17.0. The van der Waals surface area contributed by atoms with E-state index in [2.05, 4.69) is 64.1 Å². The van der Waals surface area contributed by atoms with E-state index in [-0.39, 0.29) is 0 Å². The van der Waals surface area contributed by atoms with Crippen molar-refractivity contribution in [1.82, 2.24) is 0 Å². The average molecular weight is 344 g/mol. The Hall–Kier alpha value is -1.86. The summed E-state index contributed by atoms with van der Waals surface area (Å²) in [4.78, 5) is 0. The number of hydrogen-bond donors (Lipinski definition) is 0. The van der Waals surface area contributed by atoms with Crippen molar-refractivity contribution >= 4 is 21.7 Å². The molecule has 4 rings (SSSR count). The Labute approximate surface area is 154 Å². The molecular formula is C24H27Si. The van der Waals surface area contributed by atoms with Crippen LogP contribution in [0.1, 0.15) is 58.4 Å². The molecule has 0 saturated heterocycles. The highest BCUT2D eigenvalue weighted by molar-refractivity contribution is 6.34. The van der Waals surface area contributed by atoms with E-state index in [9.17, 15) is 0 Å². The van der Waals surface area contributed by atoms with Crippen LogP contribution < -0.4 is 0 Å². The van der Waals surface area contributed by atoms with Gasteiger partial charge < -0.3 is 0 Å². The molecule has 0 aromatic heterocycles. The molecule has 0 spiro atoms. The monoisotopic (exact) mass is 343 g/mol. The highest BCUT2D eigenvalue weighted by atomic mass is 28.2. The maximum atomic E-state index is 2.39. The topological polar surface area (TPSA) is 0 Å². The summed E-state index contributed by atoms with van der Waals surface area (Å²) in [6.07, 6.45) is 7.11. The molecule has 1 radical (unpaired) electrons. The van der Waals surface area contributed by atoms with Crippen molar-refractivity contribution in [2.45, 2.75) is 52.6 Å². The lowest BCUT2D eigenvalue weighted by Crippen LogP contribution is -2.07. The van der Waals surface area contributed by atoms with Gasteiger partial charge in [-0.15, -0.1) is 0 Å². The van der Waals surface area contributed by atoms with Crippen LogP contribution in [0.5, 0.6) is 0 Å². The van der Waals surface area contributed by atoms with Crippen LogP contribution >= 0.6 is 0 Å². The number of hydrogen-bond acceptors (Lipinski definition) is 0. The molecule has 0 saturated carbocycles. The SMILES string of the molecule is CC1=Cc2c(C)ccc(C[SiH]Cc3ccc(C)c4c3CC(C)=C4)c2C1. The molecule has 0 N–H and O–H groups in total. The molecule has 127 valence electrons. The van der Waals surface area contributed by atoms with E-state index in [1.165, 1.54) is 45.5 Å². The number of allylic oxidation sites excluding steroid dienone is 2. The predicted octanol–water partition coefficient (Wildman–Crippen LogP) is 5.36. The first-order chi connectivity index (χ1) is 12.0. The fourth-order valence-corrected chi connectivity index (χ4v) is 5.92. The van der Waals surface area contributed by atoms with Gasteiger partial charge in [0.05, 0.1) is 0 Å². The first-order valence-electron chi connectivity index (χ1n) is 9.41. The van der Waals surface area contributed by atoms with E-state index in [1.54, 1.807) is 22.3 Å². The summed E-state index contributed by atoms with van der Waals surface area (Å²) in [5.41, 5.74) is 15.3. The van der Waals surface area contributed by atoms with E-state index in [0.29, 0.717) is 9.52 Å². The third-order valence-corrected chi connectivity index (χ3v) is 7.22. The standard InChI is InChI=1S/C24H27Si/c1-15-9-21-17(3)5-7-19(23(21)11-15)13-25-14-20-8-6-18(4)22-10-16(2)12-24(20)22/h5-10,25H,11-14H2,1-4H3. The van der Waals surface area contributed by atoms with E-state index in [4.69, 9.17) is 0 Å². The van der Waals surface area contributed by atoms with Crippen molar-refractivity contribution in [3.63, 3.8) is 0 Å². The maximum absolute atomic E-state index is 2.39. The highest BCUT2D eigenvalue weighted by Gasteiger charge is 2.18. The number of fused-ring (bicyclic) bond motifs is 2. The number of aryl methyl sites for hydroxylation is 2. The molecule has 0 heterocycles. The normalized spacial score (nSPS) is 15.0. The fourth-order valence-electron chi connectivity index (χ4n) is 4.39. The summed E-state index contributed by atoms with van der Waals surface area (Å²) in [6.45, 7) is 9.02. The highest BCUT2D eigenvalue weighted by Crippen LogP contribution is 2.32. The smallest absolute Gasteiger partial charge is 0.0379 e. The Morgan fingerprint density at radius 2 is 1.12 bits per heavy atom. The van der Waals surface area contributed by atoms with Gasteiger partial charge in [0, 0.05) is 9.52 Å². The minimum Gasteiger partial charge on any atom is -0.0683 e. The molecule has 0 nitrogen and oxygen atoms in total. The zero-order valence-electron chi connectivity index (χ0n) is 15.9. The van der Waals surface area contributed by atoms with Crippen molar-refractivity contribution in [1.29, 1.82) is 0 Å². The van der Waals surface area contributed by atoms with Crippen LogP contribution in [0.3, 0.4) is 0 Å². The number of rotatable bonds is 4. The molecule has 2 aliphatic carbocycles. The second kappa shape index (κ2) is 6.46. The van der Waals surface area contributed by atoms with Crippen molar-refractivity contribution in [2.75, 3.05) is 0 Å². The van der Waals surface area contributed by atoms with Gasteiger partial charge in [-0.05, 0) is 97.1 Å². The lowest BCUT2D eigenvalue weighted by Gasteiger charge is -2.13. The first-order valence-corrected chi connectivity index (χ1v) is 11.0. The Morgan fingerprint density at radius 1 is 0.680 bits per heavy atom. The Balaban J connectivity index is 1.49.